The van der Waals surface area contributed by atoms with Crippen LogP contribution in [0.1, 0.15) is 16.7 Å². The topological polar surface area (TPSA) is 23.6 Å². The van der Waals surface area contributed by atoms with Crippen molar-refractivity contribution in [2.24, 2.45) is 0 Å². The van der Waals surface area contributed by atoms with Gasteiger partial charge in [-0.1, -0.05) is 36.4 Å². The minimum Gasteiger partial charge on any atom is -0.337 e. The Morgan fingerprint density at radius 2 is 1.84 bits per heavy atom. The average Bonchev–Trinajstić information content (AvgIpc) is 2.62. The molecule has 0 N–H and O–H groups in total. The van der Waals surface area contributed by atoms with Gasteiger partial charge in [0, 0.05) is 38.8 Å². The first-order valence-corrected chi connectivity index (χ1v) is 8.61. The van der Waals surface area contributed by atoms with Crippen molar-refractivity contribution < 1.29 is 9.18 Å². The summed E-state index contributed by atoms with van der Waals surface area (Å²) in [5.41, 5.74) is 3.35. The second-order valence-corrected chi connectivity index (χ2v) is 6.42. The van der Waals surface area contributed by atoms with Crippen LogP contribution in [0.3, 0.4) is 0 Å². The van der Waals surface area contributed by atoms with Gasteiger partial charge < -0.3 is 4.90 Å². The van der Waals surface area contributed by atoms with Crippen LogP contribution in [0.25, 0.3) is 6.08 Å². The van der Waals surface area contributed by atoms with E-state index in [1.165, 1.54) is 29.3 Å². The van der Waals surface area contributed by atoms with Crippen molar-refractivity contribution in [2.45, 2.75) is 13.5 Å². The lowest BCUT2D eigenvalue weighted by Gasteiger charge is -2.34. The van der Waals surface area contributed by atoms with Crippen LogP contribution in [0.2, 0.25) is 0 Å². The summed E-state index contributed by atoms with van der Waals surface area (Å²) in [6.07, 6.45) is 3.21. The quantitative estimate of drug-likeness (QED) is 0.797. The summed E-state index contributed by atoms with van der Waals surface area (Å²) in [7, 11) is 0. The van der Waals surface area contributed by atoms with Crippen LogP contribution in [0.15, 0.2) is 54.6 Å². The predicted molar refractivity (Wildman–Crippen MR) is 98.5 cm³/mol. The molecule has 1 amide bonds. The fourth-order valence-corrected chi connectivity index (χ4v) is 3.04. The Bertz CT molecular complexity index is 764. The van der Waals surface area contributed by atoms with Crippen LogP contribution in [0.4, 0.5) is 4.39 Å². The van der Waals surface area contributed by atoms with Gasteiger partial charge >= 0.3 is 0 Å². The van der Waals surface area contributed by atoms with Gasteiger partial charge in [-0.2, -0.15) is 0 Å². The maximum atomic E-state index is 13.2. The zero-order valence-corrected chi connectivity index (χ0v) is 14.5. The fourth-order valence-electron chi connectivity index (χ4n) is 3.04. The monoisotopic (exact) mass is 338 g/mol. The third kappa shape index (κ3) is 4.77. The van der Waals surface area contributed by atoms with Gasteiger partial charge in [-0.05, 0) is 41.8 Å². The molecule has 1 aliphatic heterocycles. The molecule has 1 saturated heterocycles. The molecule has 2 aromatic carbocycles. The Hall–Kier alpha value is -2.46. The number of nitrogens with zero attached hydrogens (tertiary/aromatic N) is 2. The molecular formula is C21H23FN2O. The van der Waals surface area contributed by atoms with Gasteiger partial charge in [-0.3, -0.25) is 9.69 Å². The number of benzene rings is 2. The number of aryl methyl sites for hydroxylation is 1. The summed E-state index contributed by atoms with van der Waals surface area (Å²) in [5.74, 6) is -0.306. The fraction of sp³-hybridized carbons (Fsp3) is 0.286. The van der Waals surface area contributed by atoms with E-state index in [2.05, 4.69) is 36.1 Å². The Balaban J connectivity index is 1.51. The van der Waals surface area contributed by atoms with Gasteiger partial charge in [0.15, 0.2) is 0 Å². The van der Waals surface area contributed by atoms with Gasteiger partial charge in [0.2, 0.25) is 5.91 Å². The number of hydrogen-bond donors (Lipinski definition) is 0. The summed E-state index contributed by atoms with van der Waals surface area (Å²) in [6.45, 7) is 6.23. The number of carbonyl (C=O) groups is 1. The van der Waals surface area contributed by atoms with E-state index in [1.54, 1.807) is 18.2 Å². The Kier molecular flexibility index (Phi) is 5.61. The van der Waals surface area contributed by atoms with Gasteiger partial charge in [0.05, 0.1) is 0 Å². The summed E-state index contributed by atoms with van der Waals surface area (Å²) in [5, 5.41) is 0. The molecule has 1 heterocycles. The van der Waals surface area contributed by atoms with E-state index in [4.69, 9.17) is 0 Å². The summed E-state index contributed by atoms with van der Waals surface area (Å²) in [4.78, 5) is 16.5. The lowest BCUT2D eigenvalue weighted by molar-refractivity contribution is -0.127. The first-order valence-electron chi connectivity index (χ1n) is 8.61. The summed E-state index contributed by atoms with van der Waals surface area (Å²) in [6, 6.07) is 14.7. The highest BCUT2D eigenvalue weighted by atomic mass is 19.1. The molecule has 0 aromatic heterocycles. The molecule has 130 valence electrons. The van der Waals surface area contributed by atoms with Gasteiger partial charge in [0.1, 0.15) is 5.82 Å². The van der Waals surface area contributed by atoms with Crippen molar-refractivity contribution in [3.63, 3.8) is 0 Å². The molecule has 0 radical (unpaired) electrons. The third-order valence-corrected chi connectivity index (χ3v) is 4.61. The molecule has 1 fully saturated rings. The number of piperazine rings is 1. The largest absolute Gasteiger partial charge is 0.337 e. The molecule has 3 nitrogen and oxygen atoms in total. The zero-order chi connectivity index (χ0) is 17.6. The SMILES string of the molecule is Cc1ccccc1CN1CCN(C(=O)/C=C/c2cccc(F)c2)CC1. The van der Waals surface area contributed by atoms with E-state index in [1.807, 2.05) is 4.90 Å². The highest BCUT2D eigenvalue weighted by Crippen LogP contribution is 2.13. The number of amides is 1. The summed E-state index contributed by atoms with van der Waals surface area (Å²) < 4.78 is 13.2. The molecule has 2 aromatic rings. The second-order valence-electron chi connectivity index (χ2n) is 6.42. The van der Waals surface area contributed by atoms with Crippen LogP contribution in [-0.2, 0) is 11.3 Å². The maximum Gasteiger partial charge on any atom is 0.246 e. The minimum atomic E-state index is -0.292. The molecule has 25 heavy (non-hydrogen) atoms. The lowest BCUT2D eigenvalue weighted by atomic mass is 10.1. The second kappa shape index (κ2) is 8.08. The van der Waals surface area contributed by atoms with Crippen molar-refractivity contribution in [3.05, 3.63) is 77.1 Å². The van der Waals surface area contributed by atoms with Gasteiger partial charge in [-0.25, -0.2) is 4.39 Å². The van der Waals surface area contributed by atoms with Crippen LogP contribution >= 0.6 is 0 Å². The number of carbonyl (C=O) groups excluding carboxylic acids is 1. The Morgan fingerprint density at radius 3 is 2.56 bits per heavy atom. The van der Waals surface area contributed by atoms with E-state index >= 15 is 0 Å². The van der Waals surface area contributed by atoms with Crippen molar-refractivity contribution >= 4 is 12.0 Å². The minimum absolute atomic E-state index is 0.0141. The lowest BCUT2D eigenvalue weighted by Crippen LogP contribution is -2.47. The number of hydrogen-bond acceptors (Lipinski definition) is 2. The molecule has 0 atom stereocenters. The highest BCUT2D eigenvalue weighted by molar-refractivity contribution is 5.91. The molecule has 0 spiro atoms. The van der Waals surface area contributed by atoms with E-state index in [0.717, 1.165) is 32.7 Å². The molecule has 0 unspecified atom stereocenters. The molecular weight excluding hydrogens is 315 g/mol. The number of rotatable bonds is 4. The van der Waals surface area contributed by atoms with Crippen molar-refractivity contribution in [3.8, 4) is 0 Å². The van der Waals surface area contributed by atoms with Crippen molar-refractivity contribution in [1.29, 1.82) is 0 Å². The smallest absolute Gasteiger partial charge is 0.246 e. The Labute approximate surface area is 148 Å². The van der Waals surface area contributed by atoms with Crippen LogP contribution in [-0.4, -0.2) is 41.9 Å². The first kappa shape index (κ1) is 17.4. The van der Waals surface area contributed by atoms with Crippen molar-refractivity contribution in [2.75, 3.05) is 26.2 Å². The highest BCUT2D eigenvalue weighted by Gasteiger charge is 2.19. The van der Waals surface area contributed by atoms with E-state index in [9.17, 15) is 9.18 Å². The van der Waals surface area contributed by atoms with E-state index in [0.29, 0.717) is 5.56 Å². The predicted octanol–water partition coefficient (Wildman–Crippen LogP) is 3.49. The van der Waals surface area contributed by atoms with Crippen LogP contribution in [0.5, 0.6) is 0 Å². The Morgan fingerprint density at radius 1 is 1.08 bits per heavy atom. The third-order valence-electron chi connectivity index (χ3n) is 4.61. The zero-order valence-electron chi connectivity index (χ0n) is 14.5. The molecule has 4 heteroatoms. The molecule has 0 aliphatic carbocycles. The van der Waals surface area contributed by atoms with Crippen LogP contribution in [0, 0.1) is 12.7 Å². The van der Waals surface area contributed by atoms with Gasteiger partial charge in [-0.15, -0.1) is 0 Å². The van der Waals surface area contributed by atoms with E-state index in [-0.39, 0.29) is 11.7 Å². The van der Waals surface area contributed by atoms with Gasteiger partial charge in [0.25, 0.3) is 0 Å². The number of halogens is 1. The van der Waals surface area contributed by atoms with Crippen molar-refractivity contribution in [1.82, 2.24) is 9.80 Å². The maximum absolute atomic E-state index is 13.2. The summed E-state index contributed by atoms with van der Waals surface area (Å²) >= 11 is 0. The first-order chi connectivity index (χ1) is 12.1. The molecule has 0 bridgehead atoms. The molecule has 3 rings (SSSR count). The van der Waals surface area contributed by atoms with E-state index < -0.39 is 0 Å². The van der Waals surface area contributed by atoms with Crippen LogP contribution < -0.4 is 0 Å². The molecule has 1 aliphatic rings. The standard InChI is InChI=1S/C21H23FN2O/c1-17-5-2-3-7-19(17)16-23-11-13-24(14-12-23)21(25)10-9-18-6-4-8-20(22)15-18/h2-10,15H,11-14,16H2,1H3/b10-9+. The normalized spacial score (nSPS) is 15.7. The molecule has 0 saturated carbocycles. The average molecular weight is 338 g/mol.